The summed E-state index contributed by atoms with van der Waals surface area (Å²) in [5, 5.41) is 1.99. The third-order valence-electron chi connectivity index (χ3n) is 8.15. The Morgan fingerprint density at radius 3 is 2.11 bits per heavy atom. The second-order valence-corrected chi connectivity index (χ2v) is 11.5. The average molecular weight is 507 g/mol. The van der Waals surface area contributed by atoms with E-state index in [-0.39, 0.29) is 5.91 Å². The summed E-state index contributed by atoms with van der Waals surface area (Å²) in [6.07, 6.45) is 2.00. The lowest BCUT2D eigenvalue weighted by Crippen LogP contribution is -2.35. The number of aryl methyl sites for hydroxylation is 1. The molecule has 3 nitrogen and oxygen atoms in total. The van der Waals surface area contributed by atoms with Crippen molar-refractivity contribution in [2.75, 3.05) is 24.5 Å². The number of carbonyl (C=O) groups excluding carboxylic acids is 1. The van der Waals surface area contributed by atoms with Crippen LogP contribution in [-0.4, -0.2) is 30.4 Å². The maximum atomic E-state index is 13.5. The number of anilines is 1. The molecule has 1 aromatic heterocycles. The molecule has 2 heterocycles. The molecule has 0 spiro atoms. The predicted octanol–water partition coefficient (Wildman–Crippen LogP) is 6.93. The van der Waals surface area contributed by atoms with Crippen LogP contribution in [0.1, 0.15) is 38.8 Å². The molecule has 188 valence electrons. The molecule has 6 rings (SSSR count). The summed E-state index contributed by atoms with van der Waals surface area (Å²) in [5.74, 6) is 2.12. The Morgan fingerprint density at radius 2 is 1.46 bits per heavy atom. The summed E-state index contributed by atoms with van der Waals surface area (Å²) in [5.41, 5.74) is 6.38. The van der Waals surface area contributed by atoms with Crippen LogP contribution in [0.3, 0.4) is 0 Å². The highest BCUT2D eigenvalue weighted by molar-refractivity contribution is 7.12. The maximum absolute atomic E-state index is 13.5. The lowest BCUT2D eigenvalue weighted by Gasteiger charge is -2.25. The van der Waals surface area contributed by atoms with Gasteiger partial charge in [-0.05, 0) is 76.4 Å². The normalized spacial score (nSPS) is 20.5. The van der Waals surface area contributed by atoms with Crippen molar-refractivity contribution in [2.45, 2.75) is 26.3 Å². The van der Waals surface area contributed by atoms with Crippen LogP contribution in [0.4, 0.5) is 5.69 Å². The molecule has 1 amide bonds. The quantitative estimate of drug-likeness (QED) is 0.246. The van der Waals surface area contributed by atoms with E-state index in [4.69, 9.17) is 0 Å². The first kappa shape index (κ1) is 24.1. The molecule has 2 atom stereocenters. The smallest absolute Gasteiger partial charge is 0.268 e. The molecule has 0 radical (unpaired) electrons. The second kappa shape index (κ2) is 10.6. The van der Waals surface area contributed by atoms with Gasteiger partial charge in [0.1, 0.15) is 0 Å². The zero-order chi connectivity index (χ0) is 25.2. The lowest BCUT2D eigenvalue weighted by molar-refractivity contribution is 0.0988. The number of thiophene rings is 1. The van der Waals surface area contributed by atoms with Crippen molar-refractivity contribution in [3.8, 4) is 0 Å². The Labute approximate surface area is 224 Å². The third-order valence-corrected chi connectivity index (χ3v) is 9.01. The monoisotopic (exact) mass is 506 g/mol. The van der Waals surface area contributed by atoms with Gasteiger partial charge in [-0.15, -0.1) is 11.3 Å². The van der Waals surface area contributed by atoms with Crippen LogP contribution < -0.4 is 4.90 Å². The molecule has 0 bridgehead atoms. The highest BCUT2D eigenvalue weighted by Crippen LogP contribution is 2.52. The molecule has 1 saturated carbocycles. The summed E-state index contributed by atoms with van der Waals surface area (Å²) < 4.78 is 0. The molecule has 3 aromatic carbocycles. The van der Waals surface area contributed by atoms with Crippen LogP contribution in [-0.2, 0) is 19.4 Å². The van der Waals surface area contributed by atoms with E-state index >= 15 is 0 Å². The highest BCUT2D eigenvalue weighted by Gasteiger charge is 2.56. The fourth-order valence-electron chi connectivity index (χ4n) is 5.95. The van der Waals surface area contributed by atoms with Gasteiger partial charge in [0.2, 0.25) is 0 Å². The van der Waals surface area contributed by atoms with E-state index in [1.54, 1.807) is 0 Å². The first-order valence-corrected chi connectivity index (χ1v) is 14.3. The molecule has 1 aliphatic carbocycles. The minimum Gasteiger partial charge on any atom is -0.307 e. The molecule has 37 heavy (non-hydrogen) atoms. The third kappa shape index (κ3) is 5.41. The van der Waals surface area contributed by atoms with Crippen LogP contribution in [0.25, 0.3) is 0 Å². The number of benzene rings is 3. The SMILES string of the molecule is CCc1ccc(CN2CC3C(C2)C3CN(C(=O)c2cccs2)c2ccc(Cc3ccccc3)cc2)cc1. The van der Waals surface area contributed by atoms with Gasteiger partial charge in [-0.2, -0.15) is 0 Å². The van der Waals surface area contributed by atoms with Crippen molar-refractivity contribution in [2.24, 2.45) is 17.8 Å². The first-order valence-electron chi connectivity index (χ1n) is 13.5. The Bertz CT molecular complexity index is 1300. The zero-order valence-electron chi connectivity index (χ0n) is 21.4. The largest absolute Gasteiger partial charge is 0.307 e. The Morgan fingerprint density at radius 1 is 0.811 bits per heavy atom. The van der Waals surface area contributed by atoms with Gasteiger partial charge in [0.25, 0.3) is 5.91 Å². The number of hydrogen-bond acceptors (Lipinski definition) is 3. The van der Waals surface area contributed by atoms with E-state index < -0.39 is 0 Å². The van der Waals surface area contributed by atoms with Gasteiger partial charge < -0.3 is 4.90 Å². The van der Waals surface area contributed by atoms with Crippen molar-refractivity contribution in [1.82, 2.24) is 4.90 Å². The van der Waals surface area contributed by atoms with Crippen LogP contribution in [0.2, 0.25) is 0 Å². The summed E-state index contributed by atoms with van der Waals surface area (Å²) in [7, 11) is 0. The van der Waals surface area contributed by atoms with Gasteiger partial charge in [0.05, 0.1) is 4.88 Å². The van der Waals surface area contributed by atoms with Crippen LogP contribution >= 0.6 is 11.3 Å². The Balaban J connectivity index is 1.12. The molecule has 0 N–H and O–H groups in total. The van der Waals surface area contributed by atoms with Crippen LogP contribution in [0.15, 0.2) is 96.4 Å². The number of fused-ring (bicyclic) bond motifs is 1. The van der Waals surface area contributed by atoms with E-state index in [0.29, 0.717) is 17.8 Å². The molecule has 2 unspecified atom stereocenters. The maximum Gasteiger partial charge on any atom is 0.268 e. The number of amides is 1. The minimum atomic E-state index is 0.128. The topological polar surface area (TPSA) is 23.6 Å². The van der Waals surface area contributed by atoms with Crippen LogP contribution in [0, 0.1) is 17.8 Å². The average Bonchev–Trinajstić information content (AvgIpc) is 3.31. The number of hydrogen-bond donors (Lipinski definition) is 0. The van der Waals surface area contributed by atoms with Crippen molar-refractivity contribution in [1.29, 1.82) is 0 Å². The number of piperidine rings is 1. The number of nitrogens with zero attached hydrogens (tertiary/aromatic N) is 2. The molecule has 4 heteroatoms. The number of likely N-dealkylation sites (tertiary alicyclic amines) is 1. The van der Waals surface area contributed by atoms with E-state index in [1.165, 1.54) is 33.6 Å². The molecule has 2 fully saturated rings. The molecular weight excluding hydrogens is 472 g/mol. The molecule has 4 aromatic rings. The van der Waals surface area contributed by atoms with Gasteiger partial charge in [-0.3, -0.25) is 9.69 Å². The molecule has 2 aliphatic rings. The predicted molar refractivity (Wildman–Crippen MR) is 153 cm³/mol. The summed E-state index contributed by atoms with van der Waals surface area (Å²) in [6, 6.07) is 32.2. The molecule has 1 aliphatic heterocycles. The fraction of sp³-hybridized carbons (Fsp3) is 0.303. The van der Waals surface area contributed by atoms with E-state index in [9.17, 15) is 4.79 Å². The zero-order valence-corrected chi connectivity index (χ0v) is 22.2. The Hall–Kier alpha value is -3.21. The van der Waals surface area contributed by atoms with Gasteiger partial charge in [-0.25, -0.2) is 0 Å². The first-order chi connectivity index (χ1) is 18.2. The molecular formula is C33H34N2OS. The number of carbonyl (C=O) groups is 1. The minimum absolute atomic E-state index is 0.128. The lowest BCUT2D eigenvalue weighted by atomic mass is 10.0. The van der Waals surface area contributed by atoms with E-state index in [0.717, 1.165) is 49.6 Å². The van der Waals surface area contributed by atoms with Gasteiger partial charge in [0.15, 0.2) is 0 Å². The summed E-state index contributed by atoms with van der Waals surface area (Å²) in [6.45, 7) is 6.33. The van der Waals surface area contributed by atoms with Gasteiger partial charge in [0, 0.05) is 31.9 Å². The van der Waals surface area contributed by atoms with Crippen molar-refractivity contribution in [3.05, 3.63) is 124 Å². The summed E-state index contributed by atoms with van der Waals surface area (Å²) >= 11 is 1.53. The number of rotatable bonds is 9. The van der Waals surface area contributed by atoms with E-state index in [1.807, 2.05) is 22.4 Å². The van der Waals surface area contributed by atoms with Crippen molar-refractivity contribution >= 4 is 22.9 Å². The van der Waals surface area contributed by atoms with Crippen molar-refractivity contribution in [3.63, 3.8) is 0 Å². The van der Waals surface area contributed by atoms with Crippen molar-refractivity contribution < 1.29 is 4.79 Å². The Kier molecular flexibility index (Phi) is 6.95. The fourth-order valence-corrected chi connectivity index (χ4v) is 6.62. The van der Waals surface area contributed by atoms with E-state index in [2.05, 4.69) is 90.7 Å². The highest BCUT2D eigenvalue weighted by atomic mass is 32.1. The second-order valence-electron chi connectivity index (χ2n) is 10.6. The standard InChI is InChI=1S/C33H34N2OS/c1-2-24-10-12-27(13-11-24)20-34-21-29-30(22-34)31(29)23-35(33(36)32-9-6-18-37-32)28-16-14-26(15-17-28)19-25-7-4-3-5-8-25/h3-18,29-31H,2,19-23H2,1H3. The van der Waals surface area contributed by atoms with Gasteiger partial charge in [-0.1, -0.05) is 79.7 Å². The van der Waals surface area contributed by atoms with Gasteiger partial charge >= 0.3 is 0 Å². The molecule has 1 saturated heterocycles. The summed E-state index contributed by atoms with van der Waals surface area (Å²) in [4.78, 5) is 19.0. The van der Waals surface area contributed by atoms with Crippen LogP contribution in [0.5, 0.6) is 0 Å².